The maximum Gasteiger partial charge on any atom is 0.323 e. The van der Waals surface area contributed by atoms with Crippen LogP contribution in [0.2, 0.25) is 11.1 Å². The van der Waals surface area contributed by atoms with Crippen molar-refractivity contribution in [2.75, 3.05) is 68.7 Å². The largest absolute Gasteiger partial charge is 0.400 e. The number of hydrogen-bond acceptors (Lipinski definition) is 6. The molecule has 0 aliphatic heterocycles. The van der Waals surface area contributed by atoms with Crippen LogP contribution in [-0.4, -0.2) is 97.1 Å². The smallest absolute Gasteiger partial charge is 0.323 e. The Bertz CT molecular complexity index is 392. The molecule has 206 valence electrons. The molecule has 8 heteroatoms. The first-order valence-electron chi connectivity index (χ1n) is 13.9. The zero-order valence-electron chi connectivity index (χ0n) is 24.2. The molecule has 0 heterocycles. The second-order valence-corrected chi connectivity index (χ2v) is 16.0. The topological polar surface area (TPSA) is 43.4 Å². The third-order valence-corrected chi connectivity index (χ3v) is 11.5. The van der Waals surface area contributed by atoms with Crippen LogP contribution in [0.1, 0.15) is 90.9 Å². The summed E-state index contributed by atoms with van der Waals surface area (Å²) in [6.45, 7) is 9.49. The first kappa shape index (κ1) is 34.2. The predicted molar refractivity (Wildman–Crippen MR) is 152 cm³/mol. The number of nitrogens with zero attached hydrogens (tertiary/aromatic N) is 2. The predicted octanol–water partition coefficient (Wildman–Crippen LogP) is 5.34. The van der Waals surface area contributed by atoms with E-state index in [1.54, 1.807) is 28.4 Å². The fraction of sp³-hybridized carbons (Fsp3) is 1.00. The highest BCUT2D eigenvalue weighted by atomic mass is 28.3. The Balaban J connectivity index is 3.52. The van der Waals surface area contributed by atoms with E-state index < -0.39 is 18.6 Å². The third-order valence-electron chi connectivity index (χ3n) is 7.09. The molecule has 0 saturated heterocycles. The molecule has 0 N–H and O–H groups in total. The number of unbranched alkanes of at least 4 members (excludes halogenated alkanes) is 7. The molecule has 6 nitrogen and oxygen atoms in total. The molecular weight excluding hydrogens is 460 g/mol. The summed E-state index contributed by atoms with van der Waals surface area (Å²) >= 11 is 0. The molecule has 0 saturated carbocycles. The first-order valence-corrected chi connectivity index (χ1v) is 17.1. The minimum Gasteiger partial charge on any atom is -0.400 e. The van der Waals surface area contributed by atoms with Gasteiger partial charge in [-0.2, -0.15) is 0 Å². The molecular formula is C26H60N2O4Si2. The molecule has 0 radical (unpaired) electrons. The summed E-state index contributed by atoms with van der Waals surface area (Å²) < 4.78 is 22.0. The summed E-state index contributed by atoms with van der Waals surface area (Å²) in [6.07, 6.45) is 15.7. The molecule has 34 heavy (non-hydrogen) atoms. The van der Waals surface area contributed by atoms with Gasteiger partial charge >= 0.3 is 18.6 Å². The molecule has 0 aromatic rings. The lowest BCUT2D eigenvalue weighted by Gasteiger charge is -2.20. The Morgan fingerprint density at radius 2 is 0.735 bits per heavy atom. The summed E-state index contributed by atoms with van der Waals surface area (Å²) in [5.41, 5.74) is 1.21. The molecule has 0 fully saturated rings. The molecule has 0 aromatic heterocycles. The van der Waals surface area contributed by atoms with E-state index in [0.29, 0.717) is 11.1 Å². The molecule has 2 unspecified atom stereocenters. The van der Waals surface area contributed by atoms with Gasteiger partial charge in [0, 0.05) is 28.4 Å². The van der Waals surface area contributed by atoms with E-state index in [1.165, 1.54) is 103 Å². The maximum absolute atomic E-state index is 5.49. The van der Waals surface area contributed by atoms with Crippen LogP contribution in [-0.2, 0) is 17.7 Å². The summed E-state index contributed by atoms with van der Waals surface area (Å²) in [7, 11) is 8.86. The molecule has 0 aromatic carbocycles. The molecule has 0 aliphatic rings. The van der Waals surface area contributed by atoms with E-state index >= 15 is 0 Å². The van der Waals surface area contributed by atoms with Crippen molar-refractivity contribution in [3.63, 3.8) is 0 Å². The molecule has 0 spiro atoms. The van der Waals surface area contributed by atoms with Gasteiger partial charge in [-0.1, -0.05) is 52.4 Å². The highest BCUT2D eigenvalue weighted by molar-refractivity contribution is 6.46. The van der Waals surface area contributed by atoms with Crippen LogP contribution in [0.15, 0.2) is 0 Å². The second-order valence-electron chi connectivity index (χ2n) is 10.4. The van der Waals surface area contributed by atoms with E-state index in [9.17, 15) is 0 Å². The van der Waals surface area contributed by atoms with Crippen LogP contribution in [0.25, 0.3) is 0 Å². The average molecular weight is 521 g/mol. The lowest BCUT2D eigenvalue weighted by Crippen LogP contribution is -2.24. The van der Waals surface area contributed by atoms with Crippen molar-refractivity contribution in [1.29, 1.82) is 0 Å². The molecule has 0 amide bonds. The molecule has 2 atom stereocenters. The number of hydrogen-bond donors (Lipinski definition) is 0. The number of rotatable bonds is 25. The van der Waals surface area contributed by atoms with Crippen LogP contribution in [0.4, 0.5) is 0 Å². The van der Waals surface area contributed by atoms with Crippen LogP contribution in [0.3, 0.4) is 0 Å². The lowest BCUT2D eigenvalue weighted by molar-refractivity contribution is 0.263. The summed E-state index contributed by atoms with van der Waals surface area (Å²) in [4.78, 5) is 5.03. The second kappa shape index (κ2) is 23.6. The highest BCUT2D eigenvalue weighted by Gasteiger charge is 2.19. The van der Waals surface area contributed by atoms with Crippen molar-refractivity contribution in [1.82, 2.24) is 9.80 Å². The Morgan fingerprint density at radius 1 is 0.471 bits per heavy atom. The third kappa shape index (κ3) is 18.5. The van der Waals surface area contributed by atoms with Crippen molar-refractivity contribution in [3.05, 3.63) is 0 Å². The highest BCUT2D eigenvalue weighted by Crippen LogP contribution is 2.20. The van der Waals surface area contributed by atoms with Gasteiger partial charge in [0.2, 0.25) is 0 Å². The van der Waals surface area contributed by atoms with Crippen molar-refractivity contribution < 1.29 is 17.7 Å². The van der Waals surface area contributed by atoms with Crippen molar-refractivity contribution in [2.45, 2.75) is 102 Å². The minimum absolute atomic E-state index is 0.604. The van der Waals surface area contributed by atoms with Gasteiger partial charge in [-0.15, -0.1) is 0 Å². The monoisotopic (exact) mass is 520 g/mol. The Kier molecular flexibility index (Phi) is 23.7. The fourth-order valence-corrected chi connectivity index (χ4v) is 8.04. The van der Waals surface area contributed by atoms with Crippen LogP contribution < -0.4 is 0 Å². The summed E-state index contributed by atoms with van der Waals surface area (Å²) in [6, 6.07) is 0. The van der Waals surface area contributed by atoms with Crippen molar-refractivity contribution >= 4 is 18.6 Å². The molecule has 0 aliphatic carbocycles. The Morgan fingerprint density at radius 3 is 1.00 bits per heavy atom. The van der Waals surface area contributed by atoms with Crippen LogP contribution in [0, 0.1) is 0 Å². The van der Waals surface area contributed by atoms with E-state index in [-0.39, 0.29) is 0 Å². The zero-order valence-corrected chi connectivity index (χ0v) is 26.5. The van der Waals surface area contributed by atoms with Gasteiger partial charge < -0.3 is 27.5 Å². The average Bonchev–Trinajstić information content (AvgIpc) is 2.82. The van der Waals surface area contributed by atoms with Gasteiger partial charge in [-0.05, 0) is 89.9 Å². The molecule has 0 rings (SSSR count). The van der Waals surface area contributed by atoms with Crippen molar-refractivity contribution in [2.24, 2.45) is 0 Å². The van der Waals surface area contributed by atoms with E-state index in [4.69, 9.17) is 17.7 Å². The fourth-order valence-electron chi connectivity index (χ4n) is 4.78. The van der Waals surface area contributed by atoms with Gasteiger partial charge in [0.05, 0.1) is 0 Å². The van der Waals surface area contributed by atoms with E-state index in [0.717, 1.165) is 0 Å². The van der Waals surface area contributed by atoms with Crippen molar-refractivity contribution in [3.8, 4) is 0 Å². The minimum atomic E-state index is -1.43. The maximum atomic E-state index is 5.49. The van der Waals surface area contributed by atoms with Gasteiger partial charge in [-0.25, -0.2) is 0 Å². The van der Waals surface area contributed by atoms with Crippen LogP contribution in [0.5, 0.6) is 0 Å². The summed E-state index contributed by atoms with van der Waals surface area (Å²) in [5, 5.41) is 0. The van der Waals surface area contributed by atoms with E-state index in [1.807, 2.05) is 0 Å². The van der Waals surface area contributed by atoms with Gasteiger partial charge in [-0.3, -0.25) is 0 Å². The normalized spacial score (nSPS) is 14.1. The quantitative estimate of drug-likeness (QED) is 0.120. The lowest BCUT2D eigenvalue weighted by atomic mass is 10.1. The zero-order chi connectivity index (χ0) is 25.6. The molecule has 0 bridgehead atoms. The van der Waals surface area contributed by atoms with E-state index in [2.05, 4.69) is 37.7 Å². The van der Waals surface area contributed by atoms with Gasteiger partial charge in [0.15, 0.2) is 0 Å². The van der Waals surface area contributed by atoms with Gasteiger partial charge in [0.1, 0.15) is 0 Å². The van der Waals surface area contributed by atoms with Gasteiger partial charge in [0.25, 0.3) is 0 Å². The van der Waals surface area contributed by atoms with Crippen LogP contribution >= 0.6 is 0 Å². The standard InChI is InChI=1S/C26H60N2O4Si2/c1-25(33(29-5)30-6)19-13-11-17-23-27(3)21-15-9-10-16-22-28(4)24-18-12-14-20-26(2)34(31-7)32-8/h25-26,33-34H,9-24H2,1-8H3. The summed E-state index contributed by atoms with van der Waals surface area (Å²) in [5.74, 6) is 0. The Hall–Kier alpha value is 0.194. The SMILES string of the molecule is CO[SiH](OC)C(C)CCCCCN(C)CCCCCCN(C)CCCCCC(C)[SiH](OC)OC. The Labute approximate surface area is 216 Å². The first-order chi connectivity index (χ1) is 16.4.